The molecule has 3 nitrogen and oxygen atoms in total. The second kappa shape index (κ2) is 3.83. The molecule has 3 aliphatic rings. The average Bonchev–Trinajstić information content (AvgIpc) is 2.62. The topological polar surface area (TPSA) is 46.5 Å². The van der Waals surface area contributed by atoms with Gasteiger partial charge in [0.15, 0.2) is 0 Å². The van der Waals surface area contributed by atoms with Gasteiger partial charge in [0.05, 0.1) is 12.0 Å². The normalized spacial score (nSPS) is 54.4. The fraction of sp³-hybridized carbons (Fsp3) is 0.800. The molecule has 0 unspecified atom stereocenters. The summed E-state index contributed by atoms with van der Waals surface area (Å²) in [6.45, 7) is 1.65. The van der Waals surface area contributed by atoms with E-state index in [0.717, 1.165) is 0 Å². The van der Waals surface area contributed by atoms with Crippen LogP contribution in [-0.4, -0.2) is 22.8 Å². The molecule has 0 radical (unpaired) electrons. The molecule has 0 aromatic heterocycles. The first-order valence-corrected chi connectivity index (χ1v) is 6.80. The molecule has 0 amide bonds. The van der Waals surface area contributed by atoms with Crippen LogP contribution in [0.3, 0.4) is 0 Å². The van der Waals surface area contributed by atoms with Crippen LogP contribution in [-0.2, 0) is 9.53 Å². The van der Waals surface area contributed by atoms with Crippen molar-refractivity contribution >= 4 is 5.97 Å². The molecule has 3 rings (SSSR count). The molecule has 0 aromatic rings. The minimum atomic E-state index is -2.14. The van der Waals surface area contributed by atoms with Gasteiger partial charge in [0.25, 0.3) is 0 Å². The first-order chi connectivity index (χ1) is 9.67. The number of aliphatic hydroxyl groups excluding tert-OH is 1. The first-order valence-electron chi connectivity index (χ1n) is 8.30. The third-order valence-electron chi connectivity index (χ3n) is 5.27. The largest absolute Gasteiger partial charge is 0.454 e. The maximum absolute atomic E-state index is 12.1. The predicted octanol–water partition coefficient (Wildman–Crippen LogP) is 2.29. The van der Waals surface area contributed by atoms with E-state index in [2.05, 4.69) is 0 Å². The number of carbonyl (C=O) groups excluding carboxylic acids is 1. The third kappa shape index (κ3) is 1.43. The van der Waals surface area contributed by atoms with Crippen LogP contribution in [0.15, 0.2) is 11.6 Å². The fourth-order valence-corrected chi connectivity index (χ4v) is 4.18. The van der Waals surface area contributed by atoms with Crippen molar-refractivity contribution in [1.29, 1.82) is 0 Å². The van der Waals surface area contributed by atoms with Gasteiger partial charge in [-0.25, -0.2) is 0 Å². The molecule has 2 fully saturated rings. The van der Waals surface area contributed by atoms with Gasteiger partial charge in [-0.3, -0.25) is 4.79 Å². The van der Waals surface area contributed by atoms with Gasteiger partial charge in [-0.2, -0.15) is 0 Å². The summed E-state index contributed by atoms with van der Waals surface area (Å²) in [5, 5.41) is 10.3. The van der Waals surface area contributed by atoms with E-state index in [9.17, 15) is 9.90 Å². The molecule has 1 spiro atoms. The summed E-state index contributed by atoms with van der Waals surface area (Å²) in [5.74, 6) is -0.671. The molecule has 1 saturated carbocycles. The van der Waals surface area contributed by atoms with Crippen molar-refractivity contribution in [2.24, 2.45) is 23.7 Å². The second-order valence-corrected chi connectivity index (χ2v) is 6.15. The van der Waals surface area contributed by atoms with Crippen LogP contribution < -0.4 is 0 Å². The Morgan fingerprint density at radius 3 is 3.00 bits per heavy atom. The summed E-state index contributed by atoms with van der Waals surface area (Å²) in [5.41, 5.74) is -0.425. The maximum atomic E-state index is 12.1. The quantitative estimate of drug-likeness (QED) is 0.410. The lowest BCUT2D eigenvalue weighted by Crippen LogP contribution is -2.54. The monoisotopic (exact) mass is 254 g/mol. The summed E-state index contributed by atoms with van der Waals surface area (Å²) >= 11 is 0. The number of allylic oxidation sites excluding steroid dienone is 1. The lowest BCUT2D eigenvalue weighted by atomic mass is 9.58. The second-order valence-electron chi connectivity index (χ2n) is 6.15. The Kier molecular flexibility index (Phi) is 1.94. The first kappa shape index (κ1) is 9.13. The third-order valence-corrected chi connectivity index (χ3v) is 5.27. The summed E-state index contributed by atoms with van der Waals surface area (Å²) in [6, 6.07) is 0. The van der Waals surface area contributed by atoms with Gasteiger partial charge < -0.3 is 9.84 Å². The van der Waals surface area contributed by atoms with E-state index in [1.54, 1.807) is 6.08 Å². The van der Waals surface area contributed by atoms with E-state index in [1.165, 1.54) is 0 Å². The van der Waals surface area contributed by atoms with E-state index < -0.39 is 18.6 Å². The van der Waals surface area contributed by atoms with Crippen molar-refractivity contribution in [3.8, 4) is 0 Å². The number of ether oxygens (including phenoxy) is 1. The summed E-state index contributed by atoms with van der Waals surface area (Å²) < 4.78 is 28.7. The molecule has 1 aliphatic heterocycles. The Hall–Kier alpha value is -0.830. The summed E-state index contributed by atoms with van der Waals surface area (Å²) in [6.07, 6.45) is 2.89. The molecule has 3 heteroatoms. The Bertz CT molecular complexity index is 499. The lowest BCUT2D eigenvalue weighted by Gasteiger charge is -2.50. The Balaban J connectivity index is 2.10. The van der Waals surface area contributed by atoms with Gasteiger partial charge in [-0.15, -0.1) is 0 Å². The molecule has 0 bridgehead atoms. The highest BCUT2D eigenvalue weighted by atomic mass is 16.6. The van der Waals surface area contributed by atoms with E-state index in [-0.39, 0.29) is 29.6 Å². The number of carbonyl (C=O) groups is 1. The van der Waals surface area contributed by atoms with Crippen LogP contribution in [0.4, 0.5) is 0 Å². The number of esters is 1. The van der Waals surface area contributed by atoms with Crippen LogP contribution in [0.5, 0.6) is 0 Å². The zero-order chi connectivity index (χ0) is 15.6. The van der Waals surface area contributed by atoms with E-state index in [0.29, 0.717) is 24.8 Å². The molecule has 18 heavy (non-hydrogen) atoms. The predicted molar refractivity (Wildman–Crippen MR) is 67.7 cm³/mol. The van der Waals surface area contributed by atoms with Crippen LogP contribution >= 0.6 is 0 Å². The van der Waals surface area contributed by atoms with Crippen LogP contribution in [0.25, 0.3) is 0 Å². The highest BCUT2D eigenvalue weighted by molar-refractivity contribution is 5.76. The van der Waals surface area contributed by atoms with Gasteiger partial charge in [-0.1, -0.05) is 19.4 Å². The number of aliphatic hydroxyl groups is 1. The molecule has 6 atom stereocenters. The standard InChI is InChI=1S/C15H22O3/c1-8-4-5-11-9(2)13(16)6-12-10(3)14(17)18-15(11,12)7-8/h7,9-13,16H,4-6H2,1-3H3/t9-,10+,11-,12-,13-,15-/m0/s1/i1+1D3. The van der Waals surface area contributed by atoms with Crippen molar-refractivity contribution in [2.75, 3.05) is 0 Å². The molecule has 1 heterocycles. The molecule has 2 aliphatic carbocycles. The van der Waals surface area contributed by atoms with Gasteiger partial charge in [0, 0.05) is 15.9 Å². The molecule has 1 saturated heterocycles. The highest BCUT2D eigenvalue weighted by Crippen LogP contribution is 2.56. The van der Waals surface area contributed by atoms with Gasteiger partial charge in [-0.05, 0) is 38.1 Å². The number of hydrogen-bond acceptors (Lipinski definition) is 3. The minimum absolute atomic E-state index is 0.00579. The number of rotatable bonds is 0. The Labute approximate surface area is 112 Å². The van der Waals surface area contributed by atoms with Crippen molar-refractivity contribution < 1.29 is 18.8 Å². The van der Waals surface area contributed by atoms with E-state index in [4.69, 9.17) is 8.85 Å². The Morgan fingerprint density at radius 1 is 1.50 bits per heavy atom. The SMILES string of the molecule is [2H][13C]([2H])([2H])C1=C[C@@]23OC(=O)[C@H](C)[C@@H]2C[C@H](O)[C@@H](C)[C@@H]3CC1. The molecule has 0 aromatic carbocycles. The fourth-order valence-electron chi connectivity index (χ4n) is 4.18. The smallest absolute Gasteiger partial charge is 0.309 e. The minimum Gasteiger partial charge on any atom is -0.454 e. The molecular formula is C15H22O3. The van der Waals surface area contributed by atoms with Crippen molar-refractivity contribution in [3.63, 3.8) is 0 Å². The average molecular weight is 254 g/mol. The maximum Gasteiger partial charge on any atom is 0.309 e. The zero-order valence-electron chi connectivity index (χ0n) is 13.8. The van der Waals surface area contributed by atoms with Crippen molar-refractivity contribution in [3.05, 3.63) is 11.6 Å². The van der Waals surface area contributed by atoms with Gasteiger partial charge in [0.1, 0.15) is 5.60 Å². The zero-order valence-corrected chi connectivity index (χ0v) is 10.8. The van der Waals surface area contributed by atoms with Crippen molar-refractivity contribution in [2.45, 2.75) is 51.7 Å². The number of hydrogen-bond donors (Lipinski definition) is 1. The molecular weight excluding hydrogens is 229 g/mol. The van der Waals surface area contributed by atoms with E-state index >= 15 is 0 Å². The van der Waals surface area contributed by atoms with Crippen LogP contribution in [0.1, 0.15) is 44.1 Å². The van der Waals surface area contributed by atoms with Crippen LogP contribution in [0, 0.1) is 23.7 Å². The summed E-state index contributed by atoms with van der Waals surface area (Å²) in [4.78, 5) is 12.1. The van der Waals surface area contributed by atoms with Gasteiger partial charge in [0.2, 0.25) is 0 Å². The Morgan fingerprint density at radius 2 is 2.28 bits per heavy atom. The molecule has 100 valence electrons. The summed E-state index contributed by atoms with van der Waals surface area (Å²) in [7, 11) is 0. The van der Waals surface area contributed by atoms with Crippen molar-refractivity contribution in [1.82, 2.24) is 0 Å². The van der Waals surface area contributed by atoms with Crippen LogP contribution in [0.2, 0.25) is 0 Å². The van der Waals surface area contributed by atoms with E-state index in [1.807, 2.05) is 13.8 Å². The lowest BCUT2D eigenvalue weighted by molar-refractivity contribution is -0.160. The van der Waals surface area contributed by atoms with Gasteiger partial charge >= 0.3 is 5.97 Å². The molecule has 1 N–H and O–H groups in total. The highest BCUT2D eigenvalue weighted by Gasteiger charge is 2.62.